The van der Waals surface area contributed by atoms with Gasteiger partial charge < -0.3 is 10.6 Å². The van der Waals surface area contributed by atoms with Gasteiger partial charge in [0.05, 0.1) is 5.75 Å². The number of benzene rings is 1. The summed E-state index contributed by atoms with van der Waals surface area (Å²) in [5.41, 5.74) is 0. The summed E-state index contributed by atoms with van der Waals surface area (Å²) in [6, 6.07) is 10.8. The molecule has 1 aliphatic heterocycles. The molecule has 0 bridgehead atoms. The van der Waals surface area contributed by atoms with Gasteiger partial charge in [-0.2, -0.15) is 0 Å². The monoisotopic (exact) mass is 552 g/mol. The molecule has 2 N–H and O–H groups in total. The fraction of sp³-hybridized carbons (Fsp3) is 0.650. The van der Waals surface area contributed by atoms with E-state index >= 15 is 0 Å². The van der Waals surface area contributed by atoms with Crippen molar-refractivity contribution in [2.24, 2.45) is 4.99 Å². The predicted octanol–water partition coefficient (Wildman–Crippen LogP) is 3.30. The topological polar surface area (TPSA) is 73.8 Å². The molecule has 2 aliphatic rings. The number of thioether (sulfide) groups is 1. The Labute approximate surface area is 196 Å². The van der Waals surface area contributed by atoms with Crippen LogP contribution in [0.25, 0.3) is 0 Å². The number of rotatable bonds is 8. The minimum Gasteiger partial charge on any atom is -0.355 e. The molecule has 9 heteroatoms. The summed E-state index contributed by atoms with van der Waals surface area (Å²) in [5.74, 6) is 1.06. The smallest absolute Gasteiger partial charge is 0.214 e. The van der Waals surface area contributed by atoms with Gasteiger partial charge in [0.25, 0.3) is 0 Å². The van der Waals surface area contributed by atoms with E-state index in [9.17, 15) is 8.42 Å². The molecule has 1 aliphatic carbocycles. The molecule has 164 valence electrons. The van der Waals surface area contributed by atoms with Gasteiger partial charge in [0.1, 0.15) is 0 Å². The summed E-state index contributed by atoms with van der Waals surface area (Å²) in [7, 11) is -1.29. The number of halogens is 1. The lowest BCUT2D eigenvalue weighted by Crippen LogP contribution is -2.50. The average molecular weight is 553 g/mol. The summed E-state index contributed by atoms with van der Waals surface area (Å²) < 4.78 is 26.3. The van der Waals surface area contributed by atoms with E-state index in [2.05, 4.69) is 39.9 Å². The summed E-state index contributed by atoms with van der Waals surface area (Å²) in [5, 5.41) is 6.97. The quantitative estimate of drug-likeness (QED) is 0.294. The molecule has 0 amide bonds. The first kappa shape index (κ1) is 24.7. The van der Waals surface area contributed by atoms with Crippen molar-refractivity contribution >= 4 is 51.7 Å². The standard InChI is InChI=1S/C20H32N4O2S2.HI/c1-3-15-28(25,26)24-13-9-17(10-14-24)23-19(21-2)22-16-20(11-12-20)27-18-7-5-4-6-8-18;/h4-8,17H,3,9-16H2,1-2H3,(H2,21,22,23);1H. The Morgan fingerprint density at radius 2 is 1.90 bits per heavy atom. The zero-order valence-corrected chi connectivity index (χ0v) is 21.2. The van der Waals surface area contributed by atoms with Crippen LogP contribution in [0.5, 0.6) is 0 Å². The summed E-state index contributed by atoms with van der Waals surface area (Å²) >= 11 is 1.94. The molecule has 1 saturated heterocycles. The molecule has 1 aromatic rings. The summed E-state index contributed by atoms with van der Waals surface area (Å²) in [6.07, 6.45) is 4.72. The van der Waals surface area contributed by atoms with Crippen molar-refractivity contribution in [3.63, 3.8) is 0 Å². The Balaban J connectivity index is 0.00000300. The molecular weight excluding hydrogens is 519 g/mol. The highest BCUT2D eigenvalue weighted by Crippen LogP contribution is 2.51. The maximum atomic E-state index is 12.2. The van der Waals surface area contributed by atoms with Gasteiger partial charge in [-0.3, -0.25) is 4.99 Å². The number of hydrogen-bond acceptors (Lipinski definition) is 4. The van der Waals surface area contributed by atoms with Gasteiger partial charge in [0.2, 0.25) is 10.0 Å². The van der Waals surface area contributed by atoms with E-state index in [0.717, 1.165) is 25.3 Å². The first-order valence-electron chi connectivity index (χ1n) is 10.2. The maximum Gasteiger partial charge on any atom is 0.214 e. The lowest BCUT2D eigenvalue weighted by molar-refractivity contribution is 0.306. The number of sulfonamides is 1. The first-order valence-corrected chi connectivity index (χ1v) is 12.6. The Kier molecular flexibility index (Phi) is 9.56. The molecule has 29 heavy (non-hydrogen) atoms. The van der Waals surface area contributed by atoms with Crippen molar-refractivity contribution in [1.29, 1.82) is 0 Å². The van der Waals surface area contributed by atoms with Crippen molar-refractivity contribution in [2.45, 2.75) is 54.7 Å². The van der Waals surface area contributed by atoms with E-state index < -0.39 is 10.0 Å². The highest BCUT2D eigenvalue weighted by atomic mass is 127. The highest BCUT2D eigenvalue weighted by molar-refractivity contribution is 14.0. The third kappa shape index (κ3) is 7.29. The normalized spacial score (nSPS) is 20.0. The molecule has 3 rings (SSSR count). The van der Waals surface area contributed by atoms with Crippen LogP contribution >= 0.6 is 35.7 Å². The van der Waals surface area contributed by atoms with Crippen molar-refractivity contribution in [1.82, 2.24) is 14.9 Å². The second-order valence-electron chi connectivity index (χ2n) is 7.66. The van der Waals surface area contributed by atoms with E-state index in [4.69, 9.17) is 0 Å². The SMILES string of the molecule is CCCS(=O)(=O)N1CCC(NC(=NC)NCC2(Sc3ccccc3)CC2)CC1.I. The lowest BCUT2D eigenvalue weighted by Gasteiger charge is -2.32. The van der Waals surface area contributed by atoms with E-state index in [1.807, 2.05) is 24.8 Å². The Bertz CT molecular complexity index is 762. The van der Waals surface area contributed by atoms with Crippen LogP contribution in [-0.2, 0) is 10.0 Å². The van der Waals surface area contributed by atoms with Crippen LogP contribution in [0, 0.1) is 0 Å². The Morgan fingerprint density at radius 3 is 2.45 bits per heavy atom. The van der Waals surface area contributed by atoms with Crippen molar-refractivity contribution in [3.05, 3.63) is 30.3 Å². The number of aliphatic imine (C=N–C) groups is 1. The second kappa shape index (κ2) is 11.2. The molecule has 1 saturated carbocycles. The molecule has 0 atom stereocenters. The predicted molar refractivity (Wildman–Crippen MR) is 133 cm³/mol. The zero-order valence-electron chi connectivity index (χ0n) is 17.3. The number of nitrogens with zero attached hydrogens (tertiary/aromatic N) is 2. The highest BCUT2D eigenvalue weighted by Gasteiger charge is 2.43. The molecule has 0 aromatic heterocycles. The van der Waals surface area contributed by atoms with Crippen LogP contribution in [0.2, 0.25) is 0 Å². The molecule has 2 fully saturated rings. The number of piperidine rings is 1. The van der Waals surface area contributed by atoms with Crippen molar-refractivity contribution in [2.75, 3.05) is 32.4 Å². The molecule has 6 nitrogen and oxygen atoms in total. The largest absolute Gasteiger partial charge is 0.355 e. The third-order valence-corrected chi connectivity index (χ3v) is 8.91. The lowest BCUT2D eigenvalue weighted by atomic mass is 10.1. The fourth-order valence-corrected chi connectivity index (χ4v) is 6.28. The van der Waals surface area contributed by atoms with Crippen LogP contribution in [0.4, 0.5) is 0 Å². The molecule has 0 spiro atoms. The average Bonchev–Trinajstić information content (AvgIpc) is 3.46. The number of nitrogens with one attached hydrogen (secondary N) is 2. The molecule has 0 unspecified atom stereocenters. The van der Waals surface area contributed by atoms with Crippen LogP contribution in [0.1, 0.15) is 39.0 Å². The van der Waals surface area contributed by atoms with Gasteiger partial charge in [-0.15, -0.1) is 35.7 Å². The Hall–Kier alpha value is -0.520. The van der Waals surface area contributed by atoms with Gasteiger partial charge in [-0.05, 0) is 44.2 Å². The van der Waals surface area contributed by atoms with E-state index in [-0.39, 0.29) is 40.5 Å². The fourth-order valence-electron chi connectivity index (χ4n) is 3.49. The van der Waals surface area contributed by atoms with Crippen molar-refractivity contribution < 1.29 is 8.42 Å². The number of guanidine groups is 1. The molecule has 1 heterocycles. The van der Waals surface area contributed by atoms with Crippen LogP contribution in [-0.4, -0.2) is 61.9 Å². The number of hydrogen-bond donors (Lipinski definition) is 2. The molecule has 0 radical (unpaired) electrons. The molecule has 1 aromatic carbocycles. The van der Waals surface area contributed by atoms with Crippen LogP contribution in [0.3, 0.4) is 0 Å². The van der Waals surface area contributed by atoms with Gasteiger partial charge in [-0.1, -0.05) is 25.1 Å². The minimum absolute atomic E-state index is 0. The molecular formula is C20H33IN4O2S2. The van der Waals surface area contributed by atoms with E-state index in [0.29, 0.717) is 19.5 Å². The zero-order chi connectivity index (χ0) is 20.0. The summed E-state index contributed by atoms with van der Waals surface area (Å²) in [4.78, 5) is 5.68. The van der Waals surface area contributed by atoms with Crippen LogP contribution in [0.15, 0.2) is 40.2 Å². The van der Waals surface area contributed by atoms with Crippen LogP contribution < -0.4 is 10.6 Å². The van der Waals surface area contributed by atoms with Gasteiger partial charge in [0.15, 0.2) is 5.96 Å². The van der Waals surface area contributed by atoms with E-state index in [1.54, 1.807) is 11.4 Å². The van der Waals surface area contributed by atoms with Gasteiger partial charge in [-0.25, -0.2) is 12.7 Å². The van der Waals surface area contributed by atoms with E-state index in [1.165, 1.54) is 17.7 Å². The minimum atomic E-state index is -3.09. The van der Waals surface area contributed by atoms with Gasteiger partial charge in [0, 0.05) is 42.4 Å². The Morgan fingerprint density at radius 1 is 1.24 bits per heavy atom. The van der Waals surface area contributed by atoms with Crippen molar-refractivity contribution in [3.8, 4) is 0 Å². The second-order valence-corrected chi connectivity index (χ2v) is 11.3. The third-order valence-electron chi connectivity index (χ3n) is 5.34. The maximum absolute atomic E-state index is 12.2. The summed E-state index contributed by atoms with van der Waals surface area (Å²) in [6.45, 7) is 3.97. The van der Waals surface area contributed by atoms with Gasteiger partial charge >= 0.3 is 0 Å². The first-order chi connectivity index (χ1) is 13.5.